The Kier molecular flexibility index (Phi) is 5.23. The van der Waals surface area contributed by atoms with Crippen molar-refractivity contribution in [2.75, 3.05) is 5.32 Å². The Labute approximate surface area is 163 Å². The zero-order valence-corrected chi connectivity index (χ0v) is 15.2. The SMILES string of the molecule is O=C(Nc1ccc(Cl)c(C(=O)O)c1)c1ccc(-c2cccc(Cl)c2Cl)o1. The van der Waals surface area contributed by atoms with Gasteiger partial charge in [-0.25, -0.2) is 4.79 Å². The Morgan fingerprint density at radius 1 is 0.962 bits per heavy atom. The molecule has 0 atom stereocenters. The van der Waals surface area contributed by atoms with Gasteiger partial charge in [0.15, 0.2) is 5.76 Å². The Balaban J connectivity index is 1.84. The molecular weight excluding hydrogens is 401 g/mol. The van der Waals surface area contributed by atoms with Crippen LogP contribution in [0.1, 0.15) is 20.9 Å². The minimum Gasteiger partial charge on any atom is -0.478 e. The Morgan fingerprint density at radius 2 is 1.73 bits per heavy atom. The van der Waals surface area contributed by atoms with Crippen molar-refractivity contribution in [1.29, 1.82) is 0 Å². The number of rotatable bonds is 4. The summed E-state index contributed by atoms with van der Waals surface area (Å²) in [5.41, 5.74) is 0.712. The summed E-state index contributed by atoms with van der Waals surface area (Å²) in [7, 11) is 0. The highest BCUT2D eigenvalue weighted by atomic mass is 35.5. The number of anilines is 1. The van der Waals surface area contributed by atoms with Gasteiger partial charge in [0.1, 0.15) is 5.76 Å². The predicted octanol–water partition coefficient (Wildman–Crippen LogP) is 5.86. The van der Waals surface area contributed by atoms with Gasteiger partial charge in [0.2, 0.25) is 0 Å². The number of aromatic carboxylic acids is 1. The molecule has 0 aliphatic heterocycles. The van der Waals surface area contributed by atoms with Gasteiger partial charge >= 0.3 is 5.97 Å². The summed E-state index contributed by atoms with van der Waals surface area (Å²) in [6.07, 6.45) is 0. The third-order valence-corrected chi connectivity index (χ3v) is 4.65. The van der Waals surface area contributed by atoms with Crippen LogP contribution in [0, 0.1) is 0 Å². The van der Waals surface area contributed by atoms with E-state index < -0.39 is 11.9 Å². The lowest BCUT2D eigenvalue weighted by Gasteiger charge is -2.06. The van der Waals surface area contributed by atoms with Crippen LogP contribution in [0.15, 0.2) is 52.9 Å². The maximum atomic E-state index is 12.3. The topological polar surface area (TPSA) is 79.5 Å². The first-order valence-corrected chi connectivity index (χ1v) is 8.38. The van der Waals surface area contributed by atoms with Crippen molar-refractivity contribution in [3.63, 3.8) is 0 Å². The monoisotopic (exact) mass is 409 g/mol. The standard InChI is InChI=1S/C18H10Cl3NO4/c19-12-5-4-9(8-11(12)18(24)25)22-17(23)15-7-6-14(26-15)10-2-1-3-13(20)16(10)21/h1-8H,(H,22,23)(H,24,25). The number of amides is 1. The second-order valence-electron chi connectivity index (χ2n) is 5.22. The number of carbonyl (C=O) groups excluding carboxylic acids is 1. The van der Waals surface area contributed by atoms with Gasteiger partial charge in [-0.05, 0) is 42.5 Å². The molecule has 1 heterocycles. The molecule has 0 aliphatic rings. The van der Waals surface area contributed by atoms with Crippen LogP contribution in [0.25, 0.3) is 11.3 Å². The van der Waals surface area contributed by atoms with Crippen LogP contribution in [0.4, 0.5) is 5.69 Å². The van der Waals surface area contributed by atoms with E-state index in [-0.39, 0.29) is 22.0 Å². The second kappa shape index (κ2) is 7.41. The minimum atomic E-state index is -1.19. The van der Waals surface area contributed by atoms with Gasteiger partial charge in [0.05, 0.1) is 20.6 Å². The number of carboxylic acid groups (broad SMARTS) is 1. The van der Waals surface area contributed by atoms with Crippen LogP contribution in [0.3, 0.4) is 0 Å². The number of carbonyl (C=O) groups is 2. The van der Waals surface area contributed by atoms with E-state index in [4.69, 9.17) is 44.3 Å². The maximum Gasteiger partial charge on any atom is 0.337 e. The van der Waals surface area contributed by atoms with Crippen molar-refractivity contribution in [2.45, 2.75) is 0 Å². The summed E-state index contributed by atoms with van der Waals surface area (Å²) in [6.45, 7) is 0. The predicted molar refractivity (Wildman–Crippen MR) is 101 cm³/mol. The largest absolute Gasteiger partial charge is 0.478 e. The Morgan fingerprint density at radius 3 is 2.46 bits per heavy atom. The van der Waals surface area contributed by atoms with E-state index in [1.165, 1.54) is 24.3 Å². The molecule has 0 bridgehead atoms. The normalized spacial score (nSPS) is 10.6. The first-order valence-electron chi connectivity index (χ1n) is 7.25. The van der Waals surface area contributed by atoms with Crippen LogP contribution in [-0.2, 0) is 0 Å². The van der Waals surface area contributed by atoms with Crippen LogP contribution < -0.4 is 5.32 Å². The number of hydrogen-bond donors (Lipinski definition) is 2. The van der Waals surface area contributed by atoms with E-state index in [2.05, 4.69) is 5.32 Å². The summed E-state index contributed by atoms with van der Waals surface area (Å²) in [5, 5.41) is 12.4. The van der Waals surface area contributed by atoms with E-state index in [9.17, 15) is 9.59 Å². The fourth-order valence-corrected chi connectivity index (χ4v) is 2.85. The van der Waals surface area contributed by atoms with Crippen LogP contribution in [0.5, 0.6) is 0 Å². The van der Waals surface area contributed by atoms with Crippen molar-refractivity contribution in [2.24, 2.45) is 0 Å². The van der Waals surface area contributed by atoms with Gasteiger partial charge in [-0.15, -0.1) is 0 Å². The molecule has 1 amide bonds. The summed E-state index contributed by atoms with van der Waals surface area (Å²) < 4.78 is 5.54. The van der Waals surface area contributed by atoms with Crippen LogP contribution >= 0.6 is 34.8 Å². The van der Waals surface area contributed by atoms with Crippen molar-refractivity contribution in [3.05, 3.63) is 74.9 Å². The molecule has 2 N–H and O–H groups in total. The third kappa shape index (κ3) is 3.70. The van der Waals surface area contributed by atoms with E-state index in [1.807, 2.05) is 0 Å². The first-order chi connectivity index (χ1) is 12.4. The molecule has 1 aromatic heterocycles. The summed E-state index contributed by atoms with van der Waals surface area (Å²) >= 11 is 17.9. The van der Waals surface area contributed by atoms with E-state index in [0.717, 1.165) is 0 Å². The number of benzene rings is 2. The van der Waals surface area contributed by atoms with Gasteiger partial charge in [-0.1, -0.05) is 40.9 Å². The lowest BCUT2D eigenvalue weighted by molar-refractivity contribution is 0.0696. The first kappa shape index (κ1) is 18.3. The Bertz CT molecular complexity index is 1010. The summed E-state index contributed by atoms with van der Waals surface area (Å²) in [5.74, 6) is -1.33. The molecule has 0 saturated carbocycles. The lowest BCUT2D eigenvalue weighted by atomic mass is 10.2. The molecule has 132 valence electrons. The van der Waals surface area contributed by atoms with Gasteiger partial charge in [-0.3, -0.25) is 4.79 Å². The maximum absolute atomic E-state index is 12.3. The van der Waals surface area contributed by atoms with E-state index in [1.54, 1.807) is 24.3 Å². The number of carboxylic acids is 1. The number of nitrogens with one attached hydrogen (secondary N) is 1. The average molecular weight is 411 g/mol. The molecule has 0 unspecified atom stereocenters. The molecule has 0 radical (unpaired) electrons. The molecular formula is C18H10Cl3NO4. The minimum absolute atomic E-state index is 0.0304. The average Bonchev–Trinajstić information content (AvgIpc) is 3.08. The molecule has 26 heavy (non-hydrogen) atoms. The van der Waals surface area contributed by atoms with E-state index >= 15 is 0 Å². The van der Waals surface area contributed by atoms with Crippen molar-refractivity contribution in [1.82, 2.24) is 0 Å². The molecule has 0 spiro atoms. The molecule has 2 aromatic carbocycles. The fourth-order valence-electron chi connectivity index (χ4n) is 2.26. The number of furan rings is 1. The van der Waals surface area contributed by atoms with Gasteiger partial charge in [0.25, 0.3) is 5.91 Å². The van der Waals surface area contributed by atoms with Gasteiger partial charge in [-0.2, -0.15) is 0 Å². The van der Waals surface area contributed by atoms with Gasteiger partial charge in [0, 0.05) is 11.3 Å². The zero-order chi connectivity index (χ0) is 18.8. The second-order valence-corrected chi connectivity index (χ2v) is 6.41. The van der Waals surface area contributed by atoms with Crippen LogP contribution in [-0.4, -0.2) is 17.0 Å². The smallest absolute Gasteiger partial charge is 0.337 e. The van der Waals surface area contributed by atoms with Crippen molar-refractivity contribution in [3.8, 4) is 11.3 Å². The molecule has 0 saturated heterocycles. The highest BCUT2D eigenvalue weighted by Gasteiger charge is 2.16. The molecule has 0 aliphatic carbocycles. The molecule has 5 nitrogen and oxygen atoms in total. The number of halogens is 3. The third-order valence-electron chi connectivity index (χ3n) is 3.50. The molecule has 8 heteroatoms. The number of hydrogen-bond acceptors (Lipinski definition) is 3. The fraction of sp³-hybridized carbons (Fsp3) is 0. The van der Waals surface area contributed by atoms with Gasteiger partial charge < -0.3 is 14.8 Å². The highest BCUT2D eigenvalue weighted by Crippen LogP contribution is 2.34. The summed E-state index contributed by atoms with van der Waals surface area (Å²) in [6, 6.07) is 12.3. The Hall–Kier alpha value is -2.47. The highest BCUT2D eigenvalue weighted by molar-refractivity contribution is 6.43. The van der Waals surface area contributed by atoms with Crippen molar-refractivity contribution >= 4 is 52.4 Å². The molecule has 3 rings (SSSR count). The molecule has 3 aromatic rings. The van der Waals surface area contributed by atoms with Crippen molar-refractivity contribution < 1.29 is 19.1 Å². The van der Waals surface area contributed by atoms with E-state index in [0.29, 0.717) is 21.4 Å². The molecule has 0 fully saturated rings. The quantitative estimate of drug-likeness (QED) is 0.565. The zero-order valence-electron chi connectivity index (χ0n) is 12.9. The summed E-state index contributed by atoms with van der Waals surface area (Å²) in [4.78, 5) is 23.4. The lowest BCUT2D eigenvalue weighted by Crippen LogP contribution is -2.11. The van der Waals surface area contributed by atoms with Crippen LogP contribution in [0.2, 0.25) is 15.1 Å².